The first-order valence-electron chi connectivity index (χ1n) is 6.73. The number of nitrogens with zero attached hydrogens (tertiary/aromatic N) is 1. The molecule has 0 saturated carbocycles. The van der Waals surface area contributed by atoms with Gasteiger partial charge in [-0.3, -0.25) is 4.90 Å². The lowest BCUT2D eigenvalue weighted by atomic mass is 10.1. The van der Waals surface area contributed by atoms with Gasteiger partial charge in [-0.15, -0.1) is 0 Å². The third-order valence-electron chi connectivity index (χ3n) is 4.28. The lowest BCUT2D eigenvalue weighted by Crippen LogP contribution is -2.41. The number of carbonyl (C=O) groups is 1. The van der Waals surface area contributed by atoms with Crippen LogP contribution in [0.5, 0.6) is 0 Å². The Hall–Kier alpha value is -1.40. The molecule has 108 valence electrons. The van der Waals surface area contributed by atoms with Gasteiger partial charge in [-0.2, -0.15) is 0 Å². The summed E-state index contributed by atoms with van der Waals surface area (Å²) in [7, 11) is -2.84. The molecule has 2 bridgehead atoms. The normalized spacial score (nSPS) is 27.8. The maximum atomic E-state index is 11.7. The Kier molecular flexibility index (Phi) is 3.30. The van der Waals surface area contributed by atoms with Crippen molar-refractivity contribution in [1.82, 2.24) is 4.90 Å². The quantitative estimate of drug-likeness (QED) is 0.889. The molecule has 20 heavy (non-hydrogen) atoms. The Labute approximate surface area is 118 Å². The van der Waals surface area contributed by atoms with Crippen LogP contribution in [0.3, 0.4) is 0 Å². The highest BCUT2D eigenvalue weighted by Crippen LogP contribution is 2.32. The number of rotatable bonds is 4. The molecule has 0 radical (unpaired) electrons. The second-order valence-electron chi connectivity index (χ2n) is 5.59. The van der Waals surface area contributed by atoms with E-state index in [4.69, 9.17) is 5.11 Å². The largest absolute Gasteiger partial charge is 0.478 e. The van der Waals surface area contributed by atoms with Crippen LogP contribution in [0.1, 0.15) is 22.3 Å². The van der Waals surface area contributed by atoms with Crippen molar-refractivity contribution in [3.63, 3.8) is 0 Å². The van der Waals surface area contributed by atoms with Gasteiger partial charge < -0.3 is 5.11 Å². The van der Waals surface area contributed by atoms with E-state index in [1.165, 1.54) is 0 Å². The Balaban J connectivity index is 1.62. The zero-order chi connectivity index (χ0) is 14.3. The molecule has 2 atom stereocenters. The van der Waals surface area contributed by atoms with Crippen molar-refractivity contribution in [3.8, 4) is 0 Å². The molecule has 1 aromatic carbocycles. The van der Waals surface area contributed by atoms with Crippen LogP contribution in [0.15, 0.2) is 24.3 Å². The second-order valence-corrected chi connectivity index (χ2v) is 7.92. The average Bonchev–Trinajstić information content (AvgIpc) is 2.92. The van der Waals surface area contributed by atoms with E-state index in [9.17, 15) is 13.2 Å². The molecule has 0 amide bonds. The van der Waals surface area contributed by atoms with E-state index < -0.39 is 15.8 Å². The topological polar surface area (TPSA) is 74.7 Å². The van der Waals surface area contributed by atoms with Crippen molar-refractivity contribution < 1.29 is 18.3 Å². The van der Waals surface area contributed by atoms with Crippen molar-refractivity contribution in [3.05, 3.63) is 35.4 Å². The van der Waals surface area contributed by atoms with E-state index in [0.717, 1.165) is 24.9 Å². The first-order valence-corrected chi connectivity index (χ1v) is 8.45. The number of aromatic carboxylic acids is 1. The van der Waals surface area contributed by atoms with Crippen molar-refractivity contribution in [1.29, 1.82) is 0 Å². The molecule has 0 aliphatic carbocycles. The maximum absolute atomic E-state index is 11.7. The molecule has 5 nitrogen and oxygen atoms in total. The smallest absolute Gasteiger partial charge is 0.335 e. The summed E-state index contributed by atoms with van der Waals surface area (Å²) in [4.78, 5) is 13.1. The van der Waals surface area contributed by atoms with Gasteiger partial charge in [0.05, 0.1) is 16.6 Å². The molecule has 2 aliphatic heterocycles. The van der Waals surface area contributed by atoms with Crippen LogP contribution >= 0.6 is 0 Å². The zero-order valence-corrected chi connectivity index (χ0v) is 11.8. The fourth-order valence-electron chi connectivity index (χ4n) is 3.18. The van der Waals surface area contributed by atoms with Gasteiger partial charge in [0.2, 0.25) is 0 Å². The van der Waals surface area contributed by atoms with Crippen molar-refractivity contribution in [2.45, 2.75) is 24.1 Å². The van der Waals surface area contributed by atoms with Gasteiger partial charge >= 0.3 is 5.97 Å². The van der Waals surface area contributed by atoms with Gasteiger partial charge in [0.1, 0.15) is 0 Å². The predicted molar refractivity (Wildman–Crippen MR) is 74.7 cm³/mol. The number of likely N-dealkylation sites (tertiary alicyclic amines) is 1. The van der Waals surface area contributed by atoms with Crippen molar-refractivity contribution in [2.75, 3.05) is 18.8 Å². The summed E-state index contributed by atoms with van der Waals surface area (Å²) in [6, 6.07) is 7.09. The fraction of sp³-hybridized carbons (Fsp3) is 0.500. The minimum atomic E-state index is -2.84. The summed E-state index contributed by atoms with van der Waals surface area (Å²) in [6.45, 7) is 1.42. The van der Waals surface area contributed by atoms with Gasteiger partial charge in [-0.05, 0) is 30.5 Å². The van der Waals surface area contributed by atoms with Gasteiger partial charge in [-0.1, -0.05) is 12.1 Å². The number of sulfone groups is 1. The SMILES string of the molecule is O=C(O)c1cccc(CCN2CC3CC2CS3(=O)=O)c1. The average molecular weight is 295 g/mol. The van der Waals surface area contributed by atoms with E-state index in [2.05, 4.69) is 4.90 Å². The summed E-state index contributed by atoms with van der Waals surface area (Å²) in [5.41, 5.74) is 1.28. The first kappa shape index (κ1) is 13.6. The highest BCUT2D eigenvalue weighted by Gasteiger charge is 2.47. The summed E-state index contributed by atoms with van der Waals surface area (Å²) < 4.78 is 23.3. The lowest BCUT2D eigenvalue weighted by Gasteiger charge is -2.26. The summed E-state index contributed by atoms with van der Waals surface area (Å²) in [6.07, 6.45) is 1.52. The van der Waals surface area contributed by atoms with E-state index in [1.807, 2.05) is 6.07 Å². The third-order valence-corrected chi connectivity index (χ3v) is 6.49. The van der Waals surface area contributed by atoms with E-state index in [1.54, 1.807) is 18.2 Å². The Bertz CT molecular complexity index is 640. The molecule has 0 aromatic heterocycles. The summed E-state index contributed by atoms with van der Waals surface area (Å²) in [5, 5.41) is 8.77. The molecule has 1 aromatic rings. The van der Waals surface area contributed by atoms with E-state index >= 15 is 0 Å². The Morgan fingerprint density at radius 3 is 2.80 bits per heavy atom. The molecule has 2 aliphatic rings. The monoisotopic (exact) mass is 295 g/mol. The van der Waals surface area contributed by atoms with Gasteiger partial charge in [0.25, 0.3) is 0 Å². The van der Waals surface area contributed by atoms with Crippen LogP contribution in [-0.4, -0.2) is 54.5 Å². The fourth-order valence-corrected chi connectivity index (χ4v) is 5.27. The first-order chi connectivity index (χ1) is 9.45. The number of fused-ring (bicyclic) bond motifs is 2. The summed E-state index contributed by atoms with van der Waals surface area (Å²) >= 11 is 0. The van der Waals surface area contributed by atoms with Crippen LogP contribution in [0, 0.1) is 0 Å². The molecule has 2 saturated heterocycles. The van der Waals surface area contributed by atoms with Gasteiger partial charge in [0.15, 0.2) is 9.84 Å². The van der Waals surface area contributed by atoms with Crippen LogP contribution in [0.4, 0.5) is 0 Å². The Morgan fingerprint density at radius 2 is 2.20 bits per heavy atom. The molecule has 2 heterocycles. The van der Waals surface area contributed by atoms with Gasteiger partial charge in [-0.25, -0.2) is 13.2 Å². The van der Waals surface area contributed by atoms with Crippen molar-refractivity contribution in [2.24, 2.45) is 0 Å². The van der Waals surface area contributed by atoms with Crippen LogP contribution in [0.2, 0.25) is 0 Å². The number of benzene rings is 1. The standard InChI is InChI=1S/C14H17NO4S/c16-14(17)11-3-1-2-10(6-11)4-5-15-8-13-7-12(15)9-20(13,18)19/h1-3,6,12-13H,4-5,7-9H2,(H,16,17). The van der Waals surface area contributed by atoms with Crippen molar-refractivity contribution >= 4 is 15.8 Å². The van der Waals surface area contributed by atoms with Gasteiger partial charge in [0, 0.05) is 19.1 Å². The third kappa shape index (κ3) is 2.45. The molecular weight excluding hydrogens is 278 g/mol. The zero-order valence-electron chi connectivity index (χ0n) is 11.0. The number of hydrogen-bond donors (Lipinski definition) is 1. The number of hydrogen-bond acceptors (Lipinski definition) is 4. The molecule has 2 unspecified atom stereocenters. The molecular formula is C14H17NO4S. The van der Waals surface area contributed by atoms with Crippen LogP contribution in [0.25, 0.3) is 0 Å². The number of carboxylic acid groups (broad SMARTS) is 1. The second kappa shape index (κ2) is 4.86. The molecule has 0 spiro atoms. The lowest BCUT2D eigenvalue weighted by molar-refractivity contribution is 0.0696. The minimum absolute atomic E-state index is 0.160. The molecule has 1 N–H and O–H groups in total. The number of carboxylic acids is 1. The van der Waals surface area contributed by atoms with Crippen LogP contribution < -0.4 is 0 Å². The molecule has 3 rings (SSSR count). The highest BCUT2D eigenvalue weighted by atomic mass is 32.2. The van der Waals surface area contributed by atoms with E-state index in [-0.39, 0.29) is 17.0 Å². The van der Waals surface area contributed by atoms with E-state index in [0.29, 0.717) is 12.1 Å². The maximum Gasteiger partial charge on any atom is 0.335 e. The predicted octanol–water partition coefficient (Wildman–Crippen LogP) is 0.799. The summed E-state index contributed by atoms with van der Waals surface area (Å²) in [5.74, 6) is -0.634. The Morgan fingerprint density at radius 1 is 1.40 bits per heavy atom. The molecule has 6 heteroatoms. The highest BCUT2D eigenvalue weighted by molar-refractivity contribution is 7.92. The van der Waals surface area contributed by atoms with Crippen LogP contribution in [-0.2, 0) is 16.3 Å². The minimum Gasteiger partial charge on any atom is -0.478 e. The molecule has 2 fully saturated rings.